The Kier molecular flexibility index (Phi) is 7.68. The van der Waals surface area contributed by atoms with E-state index >= 15 is 0 Å². The number of fused-ring (bicyclic) bond motifs is 2. The molecule has 1 aliphatic carbocycles. The molecule has 2 N–H and O–H groups in total. The fraction of sp³-hybridized carbons (Fsp3) is 0.231. The summed E-state index contributed by atoms with van der Waals surface area (Å²) in [5, 5.41) is 22.2. The van der Waals surface area contributed by atoms with Crippen LogP contribution >= 0.6 is 23.2 Å². The first kappa shape index (κ1) is 26.8. The highest BCUT2D eigenvalue weighted by Gasteiger charge is 2.38. The van der Waals surface area contributed by atoms with Crippen molar-refractivity contribution in [1.82, 2.24) is 4.90 Å². The largest absolute Gasteiger partial charge is 0.573 e. The van der Waals surface area contributed by atoms with Gasteiger partial charge in [-0.05, 0) is 23.8 Å². The highest BCUT2D eigenvalue weighted by molar-refractivity contribution is 6.30. The van der Waals surface area contributed by atoms with Gasteiger partial charge in [0, 0.05) is 41.5 Å². The van der Waals surface area contributed by atoms with Gasteiger partial charge >= 0.3 is 6.36 Å². The zero-order valence-electron chi connectivity index (χ0n) is 19.1. The fourth-order valence-corrected chi connectivity index (χ4v) is 4.95. The summed E-state index contributed by atoms with van der Waals surface area (Å²) < 4.78 is 41.9. The van der Waals surface area contributed by atoms with Crippen LogP contribution in [0.15, 0.2) is 54.6 Å². The second kappa shape index (κ2) is 10.6. The number of phenolic OH excluding ortho intramolecular Hbond substituents is 2. The fourth-order valence-electron chi connectivity index (χ4n) is 4.51. The third kappa shape index (κ3) is 5.25. The summed E-state index contributed by atoms with van der Waals surface area (Å²) in [4.78, 5) is 28.2. The van der Waals surface area contributed by atoms with Gasteiger partial charge in [0.05, 0.1) is 17.2 Å². The molecule has 0 fully saturated rings. The molecule has 3 aromatic rings. The number of ether oxygens (including phenoxy) is 1. The number of benzene rings is 3. The molecule has 0 heterocycles. The Hall–Kier alpha value is -3.27. The zero-order valence-corrected chi connectivity index (χ0v) is 20.6. The molecule has 0 radical (unpaired) electrons. The number of ketones is 2. The third-order valence-corrected chi connectivity index (χ3v) is 6.35. The monoisotopic (exact) mass is 553 g/mol. The first-order chi connectivity index (χ1) is 17.6. The van der Waals surface area contributed by atoms with Gasteiger partial charge in [0.15, 0.2) is 11.6 Å². The summed E-state index contributed by atoms with van der Waals surface area (Å²) in [7, 11) is 0. The lowest BCUT2D eigenvalue weighted by Gasteiger charge is -2.33. The van der Waals surface area contributed by atoms with E-state index in [1.807, 2.05) is 0 Å². The predicted octanol–water partition coefficient (Wildman–Crippen LogP) is 5.64. The van der Waals surface area contributed by atoms with Gasteiger partial charge in [-0.1, -0.05) is 36.4 Å². The molecule has 0 amide bonds. The second-order valence-electron chi connectivity index (χ2n) is 8.22. The second-order valence-corrected chi connectivity index (χ2v) is 8.98. The van der Waals surface area contributed by atoms with Crippen LogP contribution in [0, 0.1) is 0 Å². The van der Waals surface area contributed by atoms with E-state index in [0.717, 1.165) is 12.1 Å². The zero-order chi connectivity index (χ0) is 26.9. The average molecular weight is 554 g/mol. The molecule has 0 aliphatic heterocycles. The lowest BCUT2D eigenvalue weighted by atomic mass is 9.80. The minimum atomic E-state index is -4.88. The molecule has 194 valence electrons. The molecule has 0 aromatic heterocycles. The van der Waals surface area contributed by atoms with Gasteiger partial charge in [0.25, 0.3) is 0 Å². The first-order valence-electron chi connectivity index (χ1n) is 11.1. The van der Waals surface area contributed by atoms with Crippen LogP contribution < -0.4 is 4.74 Å². The average Bonchev–Trinajstić information content (AvgIpc) is 2.85. The Labute approximate surface area is 219 Å². The molecule has 0 saturated heterocycles. The normalized spacial score (nSPS) is 13.9. The molecule has 3 aromatic carbocycles. The van der Waals surface area contributed by atoms with Crippen molar-refractivity contribution in [1.29, 1.82) is 0 Å². The summed E-state index contributed by atoms with van der Waals surface area (Å²) in [6, 6.07) is 11.3. The van der Waals surface area contributed by atoms with Gasteiger partial charge in [0.1, 0.15) is 17.2 Å². The van der Waals surface area contributed by atoms with E-state index < -0.39 is 41.2 Å². The summed E-state index contributed by atoms with van der Waals surface area (Å²) in [5.41, 5.74) is -0.0391. The molecule has 37 heavy (non-hydrogen) atoms. The Balaban J connectivity index is 1.89. The molecule has 1 atom stereocenters. The summed E-state index contributed by atoms with van der Waals surface area (Å²) >= 11 is 12.0. The number of rotatable bonds is 8. The highest BCUT2D eigenvalue weighted by Crippen LogP contribution is 2.45. The van der Waals surface area contributed by atoms with Crippen LogP contribution in [-0.4, -0.2) is 57.9 Å². The molecule has 0 bridgehead atoms. The van der Waals surface area contributed by atoms with Crippen LogP contribution in [0.3, 0.4) is 0 Å². The van der Waals surface area contributed by atoms with E-state index in [2.05, 4.69) is 4.74 Å². The van der Waals surface area contributed by atoms with E-state index in [1.54, 1.807) is 17.0 Å². The smallest absolute Gasteiger partial charge is 0.507 e. The van der Waals surface area contributed by atoms with Crippen LogP contribution in [0.25, 0.3) is 0 Å². The van der Waals surface area contributed by atoms with Crippen LogP contribution in [0.4, 0.5) is 13.2 Å². The highest BCUT2D eigenvalue weighted by atomic mass is 35.5. The van der Waals surface area contributed by atoms with Crippen molar-refractivity contribution in [2.45, 2.75) is 12.4 Å². The van der Waals surface area contributed by atoms with Crippen LogP contribution in [0.2, 0.25) is 0 Å². The Morgan fingerprint density at radius 2 is 1.41 bits per heavy atom. The number of alkyl halides is 5. The van der Waals surface area contributed by atoms with E-state index in [0.29, 0.717) is 5.56 Å². The number of hydrogen-bond donors (Lipinski definition) is 2. The van der Waals surface area contributed by atoms with Crippen molar-refractivity contribution in [3.05, 3.63) is 88.0 Å². The number of phenols is 2. The van der Waals surface area contributed by atoms with Gasteiger partial charge in [-0.2, -0.15) is 0 Å². The number of aromatic hydroxyl groups is 2. The van der Waals surface area contributed by atoms with Crippen molar-refractivity contribution in [2.24, 2.45) is 0 Å². The van der Waals surface area contributed by atoms with Crippen molar-refractivity contribution in [3.8, 4) is 17.2 Å². The van der Waals surface area contributed by atoms with E-state index in [1.165, 1.54) is 30.3 Å². The third-order valence-electron chi connectivity index (χ3n) is 6.01. The number of carbonyl (C=O) groups is 2. The SMILES string of the molecule is O=C1c2ccccc2C(=O)c2c(O)c(C(c3ccc(OC(F)(F)F)cc3)N(CCCl)CCCl)cc(O)c21. The van der Waals surface area contributed by atoms with Crippen molar-refractivity contribution >= 4 is 34.8 Å². The molecule has 0 spiro atoms. The van der Waals surface area contributed by atoms with Gasteiger partial charge in [-0.3, -0.25) is 14.5 Å². The van der Waals surface area contributed by atoms with E-state index in [-0.39, 0.29) is 52.7 Å². The van der Waals surface area contributed by atoms with Crippen molar-refractivity contribution in [3.63, 3.8) is 0 Å². The van der Waals surface area contributed by atoms with E-state index in [9.17, 15) is 33.0 Å². The number of nitrogens with zero attached hydrogens (tertiary/aromatic N) is 1. The maximum Gasteiger partial charge on any atom is 0.573 e. The quantitative estimate of drug-likeness (QED) is 0.217. The van der Waals surface area contributed by atoms with Crippen molar-refractivity contribution < 1.29 is 37.7 Å². The molecule has 4 rings (SSSR count). The van der Waals surface area contributed by atoms with Crippen LogP contribution in [-0.2, 0) is 0 Å². The summed E-state index contributed by atoms with van der Waals surface area (Å²) in [6.45, 7) is 0.486. The van der Waals surface area contributed by atoms with Gasteiger partial charge in [0.2, 0.25) is 0 Å². The molecule has 0 saturated carbocycles. The first-order valence-corrected chi connectivity index (χ1v) is 12.1. The predicted molar refractivity (Wildman–Crippen MR) is 131 cm³/mol. The molecular weight excluding hydrogens is 534 g/mol. The van der Waals surface area contributed by atoms with Gasteiger partial charge in [-0.15, -0.1) is 36.4 Å². The number of halogens is 5. The van der Waals surface area contributed by atoms with Crippen molar-refractivity contribution in [2.75, 3.05) is 24.8 Å². The molecule has 1 unspecified atom stereocenters. The maximum atomic E-state index is 13.3. The maximum absolute atomic E-state index is 13.3. The van der Waals surface area contributed by atoms with Crippen LogP contribution in [0.1, 0.15) is 49.0 Å². The molecule has 6 nitrogen and oxygen atoms in total. The minimum Gasteiger partial charge on any atom is -0.507 e. The molecule has 11 heteroatoms. The summed E-state index contributed by atoms with van der Waals surface area (Å²) in [5.74, 6) is -2.48. The minimum absolute atomic E-state index is 0.0523. The van der Waals surface area contributed by atoms with E-state index in [4.69, 9.17) is 23.2 Å². The van der Waals surface area contributed by atoms with Crippen LogP contribution in [0.5, 0.6) is 17.2 Å². The lowest BCUT2D eigenvalue weighted by molar-refractivity contribution is -0.274. The van der Waals surface area contributed by atoms with Gasteiger partial charge < -0.3 is 14.9 Å². The lowest BCUT2D eigenvalue weighted by Crippen LogP contribution is -2.33. The van der Waals surface area contributed by atoms with Gasteiger partial charge in [-0.25, -0.2) is 0 Å². The standard InChI is InChI=1S/C26H20Cl2F3NO5/c27-9-11-32(12-10-28)22(14-5-7-15(8-6-14)37-26(29,30)31)18-13-19(33)20-21(25(18)36)24(35)17-4-2-1-3-16(17)23(20)34/h1-8,13,22,33,36H,9-12H2. The molecule has 1 aliphatic rings. The Bertz CT molecular complexity index is 1340. The summed E-state index contributed by atoms with van der Waals surface area (Å²) in [6.07, 6.45) is -4.88. The number of hydrogen-bond acceptors (Lipinski definition) is 6. The topological polar surface area (TPSA) is 87.1 Å². The Morgan fingerprint density at radius 3 is 1.92 bits per heavy atom. The number of carbonyl (C=O) groups excluding carboxylic acids is 2. The Morgan fingerprint density at radius 1 is 0.865 bits per heavy atom. The molecular formula is C26H20Cl2F3NO5.